The first-order valence-corrected chi connectivity index (χ1v) is 12.4. The first-order chi connectivity index (χ1) is 15.8. The molecular weight excluding hydrogens is 444 g/mol. The molecule has 1 atom stereocenters. The second-order valence-electron chi connectivity index (χ2n) is 8.10. The van der Waals surface area contributed by atoms with Gasteiger partial charge in [0, 0.05) is 43.1 Å². The average Bonchev–Trinajstić information content (AvgIpc) is 3.26. The van der Waals surface area contributed by atoms with Gasteiger partial charge in [0.1, 0.15) is 6.04 Å². The highest BCUT2D eigenvalue weighted by molar-refractivity contribution is 7.89. The molecule has 10 heteroatoms. The second kappa shape index (κ2) is 9.90. The van der Waals surface area contributed by atoms with E-state index < -0.39 is 16.1 Å². The molecule has 0 radical (unpaired) electrons. The third-order valence-electron chi connectivity index (χ3n) is 5.74. The van der Waals surface area contributed by atoms with Crippen LogP contribution in [0.1, 0.15) is 19.8 Å². The lowest BCUT2D eigenvalue weighted by molar-refractivity contribution is -0.117. The van der Waals surface area contributed by atoms with E-state index in [0.717, 1.165) is 24.3 Å². The summed E-state index contributed by atoms with van der Waals surface area (Å²) in [5.74, 6) is -0.170. The van der Waals surface area contributed by atoms with Gasteiger partial charge in [0.25, 0.3) is 0 Å². The number of rotatable bonds is 7. The van der Waals surface area contributed by atoms with Gasteiger partial charge in [-0.2, -0.15) is 4.31 Å². The van der Waals surface area contributed by atoms with Gasteiger partial charge in [-0.15, -0.1) is 0 Å². The van der Waals surface area contributed by atoms with Gasteiger partial charge in [0.15, 0.2) is 0 Å². The fourth-order valence-corrected chi connectivity index (χ4v) is 5.35. The second-order valence-corrected chi connectivity index (χ2v) is 10.0. The molecule has 0 aliphatic carbocycles. The Balaban J connectivity index is 1.38. The summed E-state index contributed by atoms with van der Waals surface area (Å²) >= 11 is 0. The van der Waals surface area contributed by atoms with Crippen LogP contribution in [0.3, 0.4) is 0 Å². The topological polar surface area (TPSA) is 108 Å². The number of hydrogen-bond donors (Lipinski definition) is 2. The van der Waals surface area contributed by atoms with Crippen molar-refractivity contribution in [3.63, 3.8) is 0 Å². The molecule has 2 aliphatic rings. The van der Waals surface area contributed by atoms with Crippen molar-refractivity contribution < 1.29 is 22.7 Å². The highest BCUT2D eigenvalue weighted by Gasteiger charge is 2.27. The minimum atomic E-state index is -3.65. The van der Waals surface area contributed by atoms with Crippen LogP contribution in [-0.2, 0) is 24.3 Å². The number of sulfonamides is 1. The van der Waals surface area contributed by atoms with Crippen molar-refractivity contribution in [1.29, 1.82) is 0 Å². The summed E-state index contributed by atoms with van der Waals surface area (Å²) in [7, 11) is -3.65. The Kier molecular flexibility index (Phi) is 6.96. The van der Waals surface area contributed by atoms with Gasteiger partial charge >= 0.3 is 0 Å². The number of carbonyl (C=O) groups is 2. The molecule has 0 saturated carbocycles. The van der Waals surface area contributed by atoms with Crippen LogP contribution in [0.4, 0.5) is 17.1 Å². The van der Waals surface area contributed by atoms with Crippen molar-refractivity contribution in [2.75, 3.05) is 48.4 Å². The van der Waals surface area contributed by atoms with Crippen molar-refractivity contribution in [3.05, 3.63) is 48.5 Å². The molecule has 9 nitrogen and oxygen atoms in total. The molecule has 2 N–H and O–H groups in total. The molecule has 2 saturated heterocycles. The van der Waals surface area contributed by atoms with Crippen LogP contribution in [0.2, 0.25) is 0 Å². The van der Waals surface area contributed by atoms with E-state index >= 15 is 0 Å². The Morgan fingerprint density at radius 2 is 1.76 bits per heavy atom. The maximum absolute atomic E-state index is 12.9. The Labute approximate surface area is 193 Å². The maximum atomic E-state index is 12.9. The molecule has 2 aromatic rings. The number of ether oxygens (including phenoxy) is 1. The van der Waals surface area contributed by atoms with Crippen LogP contribution in [0.5, 0.6) is 0 Å². The molecule has 0 spiro atoms. The normalized spacial score (nSPS) is 18.2. The summed E-state index contributed by atoms with van der Waals surface area (Å²) in [6.45, 7) is 3.81. The van der Waals surface area contributed by atoms with Gasteiger partial charge in [-0.3, -0.25) is 9.59 Å². The first kappa shape index (κ1) is 23.2. The van der Waals surface area contributed by atoms with Gasteiger partial charge in [0.2, 0.25) is 21.8 Å². The number of benzene rings is 2. The molecular formula is C23H28N4O5S. The predicted molar refractivity (Wildman–Crippen MR) is 126 cm³/mol. The summed E-state index contributed by atoms with van der Waals surface area (Å²) in [6, 6.07) is 13.1. The van der Waals surface area contributed by atoms with E-state index in [2.05, 4.69) is 10.6 Å². The van der Waals surface area contributed by atoms with Crippen molar-refractivity contribution >= 4 is 38.9 Å². The predicted octanol–water partition coefficient (Wildman–Crippen LogP) is 2.27. The Bertz CT molecular complexity index is 1110. The lowest BCUT2D eigenvalue weighted by atomic mass is 10.2. The number of nitrogens with one attached hydrogen (secondary N) is 2. The SMILES string of the molecule is C[C@H](Nc1ccc(N2CCCC2=O)cc1)C(=O)Nc1cccc(S(=O)(=O)N2CCOCC2)c1. The van der Waals surface area contributed by atoms with Gasteiger partial charge < -0.3 is 20.3 Å². The summed E-state index contributed by atoms with van der Waals surface area (Å²) in [6.07, 6.45) is 1.44. The van der Waals surface area contributed by atoms with E-state index in [4.69, 9.17) is 4.74 Å². The molecule has 33 heavy (non-hydrogen) atoms. The van der Waals surface area contributed by atoms with Crippen LogP contribution in [0.25, 0.3) is 0 Å². The zero-order valence-corrected chi connectivity index (χ0v) is 19.3. The molecule has 2 amide bonds. The van der Waals surface area contributed by atoms with Crippen LogP contribution in [0.15, 0.2) is 53.4 Å². The van der Waals surface area contributed by atoms with E-state index in [1.54, 1.807) is 24.0 Å². The van der Waals surface area contributed by atoms with E-state index in [-0.39, 0.29) is 16.7 Å². The largest absolute Gasteiger partial charge is 0.379 e. The zero-order chi connectivity index (χ0) is 23.4. The fourth-order valence-electron chi connectivity index (χ4n) is 3.90. The van der Waals surface area contributed by atoms with Gasteiger partial charge in [-0.25, -0.2) is 8.42 Å². The lowest BCUT2D eigenvalue weighted by Gasteiger charge is -2.26. The number of amides is 2. The van der Waals surface area contributed by atoms with Crippen LogP contribution in [-0.4, -0.2) is 63.4 Å². The maximum Gasteiger partial charge on any atom is 0.246 e. The zero-order valence-electron chi connectivity index (χ0n) is 18.5. The number of carbonyl (C=O) groups excluding carboxylic acids is 2. The molecule has 0 bridgehead atoms. The quantitative estimate of drug-likeness (QED) is 0.640. The van der Waals surface area contributed by atoms with E-state index in [1.165, 1.54) is 16.4 Å². The number of nitrogens with zero attached hydrogens (tertiary/aromatic N) is 2. The standard InChI is InChI=1S/C23H28N4O5S/c1-17(24-18-7-9-20(10-8-18)27-11-3-6-22(27)28)23(29)25-19-4-2-5-21(16-19)33(30,31)26-12-14-32-15-13-26/h2,4-5,7-10,16-17,24H,3,6,11-15H2,1H3,(H,25,29)/t17-/m0/s1. The third kappa shape index (κ3) is 5.35. The summed E-state index contributed by atoms with van der Waals surface area (Å²) in [4.78, 5) is 26.5. The molecule has 0 unspecified atom stereocenters. The monoisotopic (exact) mass is 472 g/mol. The lowest BCUT2D eigenvalue weighted by Crippen LogP contribution is -2.40. The summed E-state index contributed by atoms with van der Waals surface area (Å²) < 4.78 is 32.4. The van der Waals surface area contributed by atoms with Crippen LogP contribution >= 0.6 is 0 Å². The smallest absolute Gasteiger partial charge is 0.246 e. The number of anilines is 3. The minimum absolute atomic E-state index is 0.126. The van der Waals surface area contributed by atoms with Crippen LogP contribution < -0.4 is 15.5 Å². The number of morpholine rings is 1. The summed E-state index contributed by atoms with van der Waals surface area (Å²) in [5, 5.41) is 5.91. The molecule has 176 valence electrons. The fraction of sp³-hybridized carbons (Fsp3) is 0.391. The molecule has 2 fully saturated rings. The molecule has 0 aromatic heterocycles. The van der Waals surface area contributed by atoms with Crippen molar-refractivity contribution in [2.24, 2.45) is 0 Å². The number of hydrogen-bond acceptors (Lipinski definition) is 6. The van der Waals surface area contributed by atoms with Crippen molar-refractivity contribution in [1.82, 2.24) is 4.31 Å². The van der Waals surface area contributed by atoms with Gasteiger partial charge in [-0.05, 0) is 55.8 Å². The van der Waals surface area contributed by atoms with Crippen molar-refractivity contribution in [3.8, 4) is 0 Å². The minimum Gasteiger partial charge on any atom is -0.379 e. The Morgan fingerprint density at radius 1 is 1.03 bits per heavy atom. The highest BCUT2D eigenvalue weighted by Crippen LogP contribution is 2.24. The van der Waals surface area contributed by atoms with E-state index in [9.17, 15) is 18.0 Å². The first-order valence-electron chi connectivity index (χ1n) is 11.0. The molecule has 2 heterocycles. The third-order valence-corrected chi connectivity index (χ3v) is 7.63. The molecule has 2 aliphatic heterocycles. The molecule has 4 rings (SSSR count). The Hall–Kier alpha value is -2.95. The average molecular weight is 473 g/mol. The van der Waals surface area contributed by atoms with Crippen molar-refractivity contribution in [2.45, 2.75) is 30.7 Å². The Morgan fingerprint density at radius 3 is 2.42 bits per heavy atom. The summed E-state index contributed by atoms with van der Waals surface area (Å²) in [5.41, 5.74) is 2.00. The molecule has 2 aromatic carbocycles. The van der Waals surface area contributed by atoms with E-state index in [1.807, 2.05) is 24.3 Å². The highest BCUT2D eigenvalue weighted by atomic mass is 32.2. The van der Waals surface area contributed by atoms with Gasteiger partial charge in [-0.1, -0.05) is 6.07 Å². The van der Waals surface area contributed by atoms with Gasteiger partial charge in [0.05, 0.1) is 18.1 Å². The van der Waals surface area contributed by atoms with Crippen LogP contribution in [0, 0.1) is 0 Å². The van der Waals surface area contributed by atoms with E-state index in [0.29, 0.717) is 38.4 Å².